The molecular weight excluding hydrogens is 224 g/mol. The zero-order valence-electron chi connectivity index (χ0n) is 11.0. The molecule has 0 fully saturated rings. The minimum atomic E-state index is -0.676. The van der Waals surface area contributed by atoms with E-state index in [4.69, 9.17) is 0 Å². The number of aliphatic hydroxyl groups is 1. The number of aromatic nitrogens is 1. The van der Waals surface area contributed by atoms with Gasteiger partial charge in [-0.15, -0.1) is 0 Å². The normalized spacial score (nSPS) is 12.2. The number of benzene rings is 1. The van der Waals surface area contributed by atoms with Gasteiger partial charge in [-0.1, -0.05) is 30.3 Å². The topological polar surface area (TPSA) is 36.4 Å². The maximum atomic E-state index is 10.3. The molecule has 1 N–H and O–H groups in total. The van der Waals surface area contributed by atoms with Crippen LogP contribution in [0.25, 0.3) is 0 Å². The molecule has 1 atom stereocenters. The fourth-order valence-corrected chi connectivity index (χ4v) is 1.88. The molecule has 0 aliphatic heterocycles. The van der Waals surface area contributed by atoms with Crippen LogP contribution in [0.5, 0.6) is 0 Å². The van der Waals surface area contributed by atoms with E-state index in [1.165, 1.54) is 0 Å². The van der Waals surface area contributed by atoms with Crippen LogP contribution >= 0.6 is 0 Å². The molecular formula is C15H18N2O. The number of hydrogen-bond donors (Lipinski definition) is 1. The van der Waals surface area contributed by atoms with Gasteiger partial charge in [-0.05, 0) is 24.6 Å². The monoisotopic (exact) mass is 242 g/mol. The van der Waals surface area contributed by atoms with Gasteiger partial charge < -0.3 is 10.0 Å². The highest BCUT2D eigenvalue weighted by atomic mass is 16.3. The molecule has 2 rings (SSSR count). The molecule has 3 heteroatoms. The SMILES string of the molecule is Cc1cc(N(C)C)cc(C(O)c2ccccc2)n1. The molecule has 2 aromatic rings. The Kier molecular flexibility index (Phi) is 3.63. The number of pyridine rings is 1. The molecule has 1 aromatic heterocycles. The molecule has 0 spiro atoms. The number of rotatable bonds is 3. The molecule has 3 nitrogen and oxygen atoms in total. The van der Waals surface area contributed by atoms with E-state index in [0.717, 1.165) is 16.9 Å². The molecule has 0 aliphatic carbocycles. The maximum Gasteiger partial charge on any atom is 0.121 e. The van der Waals surface area contributed by atoms with Crippen molar-refractivity contribution in [2.75, 3.05) is 19.0 Å². The first-order valence-corrected chi connectivity index (χ1v) is 5.97. The third kappa shape index (κ3) is 2.68. The number of anilines is 1. The lowest BCUT2D eigenvalue weighted by atomic mass is 10.1. The molecule has 1 unspecified atom stereocenters. The summed E-state index contributed by atoms with van der Waals surface area (Å²) in [7, 11) is 3.96. The lowest BCUT2D eigenvalue weighted by Gasteiger charge is -2.17. The summed E-state index contributed by atoms with van der Waals surface area (Å²) in [6, 6.07) is 13.5. The third-order valence-corrected chi connectivity index (χ3v) is 2.87. The first-order chi connectivity index (χ1) is 8.58. The predicted molar refractivity (Wildman–Crippen MR) is 73.8 cm³/mol. The first kappa shape index (κ1) is 12.6. The molecule has 94 valence electrons. The first-order valence-electron chi connectivity index (χ1n) is 5.97. The predicted octanol–water partition coefficient (Wildman–Crippen LogP) is 2.54. The maximum absolute atomic E-state index is 10.3. The van der Waals surface area contributed by atoms with E-state index >= 15 is 0 Å². The van der Waals surface area contributed by atoms with Crippen molar-refractivity contribution in [3.05, 3.63) is 59.4 Å². The van der Waals surface area contributed by atoms with E-state index in [9.17, 15) is 5.11 Å². The van der Waals surface area contributed by atoms with Crippen LogP contribution in [-0.2, 0) is 0 Å². The van der Waals surface area contributed by atoms with E-state index in [1.807, 2.05) is 68.4 Å². The van der Waals surface area contributed by atoms with Gasteiger partial charge in [-0.3, -0.25) is 4.98 Å². The van der Waals surface area contributed by atoms with Gasteiger partial charge in [-0.2, -0.15) is 0 Å². The van der Waals surface area contributed by atoms with Gasteiger partial charge in [0.2, 0.25) is 0 Å². The minimum absolute atomic E-state index is 0.676. The fraction of sp³-hybridized carbons (Fsp3) is 0.267. The second kappa shape index (κ2) is 5.19. The Morgan fingerprint density at radius 3 is 2.39 bits per heavy atom. The third-order valence-electron chi connectivity index (χ3n) is 2.87. The van der Waals surface area contributed by atoms with Gasteiger partial charge >= 0.3 is 0 Å². The van der Waals surface area contributed by atoms with Crippen LogP contribution in [0.2, 0.25) is 0 Å². The quantitative estimate of drug-likeness (QED) is 0.898. The van der Waals surface area contributed by atoms with Crippen LogP contribution in [0, 0.1) is 6.92 Å². The largest absolute Gasteiger partial charge is 0.382 e. The Labute approximate surface area is 108 Å². The van der Waals surface area contributed by atoms with Gasteiger partial charge in [0.15, 0.2) is 0 Å². The lowest BCUT2D eigenvalue weighted by Crippen LogP contribution is -2.11. The van der Waals surface area contributed by atoms with Crippen LogP contribution in [0.3, 0.4) is 0 Å². The van der Waals surface area contributed by atoms with Crippen LogP contribution in [0.1, 0.15) is 23.1 Å². The zero-order chi connectivity index (χ0) is 13.1. The van der Waals surface area contributed by atoms with Gasteiger partial charge in [0.1, 0.15) is 6.10 Å². The summed E-state index contributed by atoms with van der Waals surface area (Å²) in [4.78, 5) is 6.43. The van der Waals surface area contributed by atoms with Crippen molar-refractivity contribution in [1.82, 2.24) is 4.98 Å². The number of hydrogen-bond acceptors (Lipinski definition) is 3. The number of aliphatic hydroxyl groups excluding tert-OH is 1. The average Bonchev–Trinajstić information content (AvgIpc) is 2.38. The second-order valence-electron chi connectivity index (χ2n) is 4.60. The molecule has 0 aliphatic rings. The van der Waals surface area contributed by atoms with Crippen LogP contribution in [0.15, 0.2) is 42.5 Å². The van der Waals surface area contributed by atoms with Crippen molar-refractivity contribution in [3.8, 4) is 0 Å². The summed E-state index contributed by atoms with van der Waals surface area (Å²) < 4.78 is 0. The summed E-state index contributed by atoms with van der Waals surface area (Å²) in [5, 5.41) is 10.3. The standard InChI is InChI=1S/C15H18N2O/c1-11-9-13(17(2)3)10-14(16-11)15(18)12-7-5-4-6-8-12/h4-10,15,18H,1-3H3. The van der Waals surface area contributed by atoms with E-state index < -0.39 is 6.10 Å². The Hall–Kier alpha value is -1.87. The Morgan fingerprint density at radius 2 is 1.78 bits per heavy atom. The van der Waals surface area contributed by atoms with E-state index in [-0.39, 0.29) is 0 Å². The zero-order valence-corrected chi connectivity index (χ0v) is 11.0. The number of nitrogens with zero attached hydrogens (tertiary/aromatic N) is 2. The molecule has 0 saturated carbocycles. The van der Waals surface area contributed by atoms with Crippen LogP contribution in [-0.4, -0.2) is 24.2 Å². The molecule has 1 aromatic carbocycles. The van der Waals surface area contributed by atoms with Gasteiger partial charge in [-0.25, -0.2) is 0 Å². The smallest absolute Gasteiger partial charge is 0.121 e. The van der Waals surface area contributed by atoms with Gasteiger partial charge in [0.05, 0.1) is 5.69 Å². The van der Waals surface area contributed by atoms with Crippen molar-refractivity contribution in [3.63, 3.8) is 0 Å². The van der Waals surface area contributed by atoms with Crippen LogP contribution in [0.4, 0.5) is 5.69 Å². The van der Waals surface area contributed by atoms with Crippen molar-refractivity contribution in [2.24, 2.45) is 0 Å². The average molecular weight is 242 g/mol. The summed E-state index contributed by atoms with van der Waals surface area (Å²) in [5.74, 6) is 0. The molecule has 0 radical (unpaired) electrons. The van der Waals surface area contributed by atoms with Gasteiger partial charge in [0, 0.05) is 25.5 Å². The van der Waals surface area contributed by atoms with Gasteiger partial charge in [0.25, 0.3) is 0 Å². The Bertz CT molecular complexity index is 523. The summed E-state index contributed by atoms with van der Waals surface area (Å²) >= 11 is 0. The molecule has 18 heavy (non-hydrogen) atoms. The fourth-order valence-electron chi connectivity index (χ4n) is 1.88. The highest BCUT2D eigenvalue weighted by Crippen LogP contribution is 2.24. The van der Waals surface area contributed by atoms with E-state index in [0.29, 0.717) is 5.69 Å². The molecule has 0 saturated heterocycles. The number of aryl methyl sites for hydroxylation is 1. The Morgan fingerprint density at radius 1 is 1.11 bits per heavy atom. The molecule has 0 bridgehead atoms. The minimum Gasteiger partial charge on any atom is -0.382 e. The summed E-state index contributed by atoms with van der Waals surface area (Å²) in [5.41, 5.74) is 3.50. The Balaban J connectivity index is 2.39. The highest BCUT2D eigenvalue weighted by Gasteiger charge is 2.13. The second-order valence-corrected chi connectivity index (χ2v) is 4.60. The van der Waals surface area contributed by atoms with Crippen LogP contribution < -0.4 is 4.90 Å². The molecule has 0 amide bonds. The van der Waals surface area contributed by atoms with E-state index in [2.05, 4.69) is 4.98 Å². The van der Waals surface area contributed by atoms with Crippen molar-refractivity contribution in [1.29, 1.82) is 0 Å². The van der Waals surface area contributed by atoms with Crippen molar-refractivity contribution in [2.45, 2.75) is 13.0 Å². The highest BCUT2D eigenvalue weighted by molar-refractivity contribution is 5.48. The molecule has 1 heterocycles. The lowest BCUT2D eigenvalue weighted by molar-refractivity contribution is 0.215. The van der Waals surface area contributed by atoms with Crippen molar-refractivity contribution >= 4 is 5.69 Å². The summed E-state index contributed by atoms with van der Waals surface area (Å²) in [6.07, 6.45) is -0.676. The summed E-state index contributed by atoms with van der Waals surface area (Å²) in [6.45, 7) is 1.94. The van der Waals surface area contributed by atoms with Crippen molar-refractivity contribution < 1.29 is 5.11 Å². The van der Waals surface area contributed by atoms with E-state index in [1.54, 1.807) is 0 Å².